The highest BCUT2D eigenvalue weighted by molar-refractivity contribution is 5.76. The topological polar surface area (TPSA) is 64.3 Å². The monoisotopic (exact) mass is 280 g/mol. The lowest BCUT2D eigenvalue weighted by Gasteiger charge is -2.15. The highest BCUT2D eigenvalue weighted by Gasteiger charge is 2.30. The fourth-order valence-electron chi connectivity index (χ4n) is 2.27. The SMILES string of the molecule is COc1ccc(CCC(=O)NC(CN)C2CC2)cc1F. The summed E-state index contributed by atoms with van der Waals surface area (Å²) < 4.78 is 18.4. The molecule has 0 aromatic heterocycles. The molecule has 1 unspecified atom stereocenters. The number of rotatable bonds is 7. The molecule has 1 aliphatic rings. The summed E-state index contributed by atoms with van der Waals surface area (Å²) in [6.07, 6.45) is 3.14. The maximum atomic E-state index is 13.5. The molecule has 0 radical (unpaired) electrons. The number of carbonyl (C=O) groups is 1. The number of carbonyl (C=O) groups excluding carboxylic acids is 1. The van der Waals surface area contributed by atoms with Crippen molar-refractivity contribution in [2.45, 2.75) is 31.7 Å². The predicted octanol–water partition coefficient (Wildman–Crippen LogP) is 1.62. The third-order valence-electron chi connectivity index (χ3n) is 3.65. The minimum atomic E-state index is -0.400. The van der Waals surface area contributed by atoms with Crippen LogP contribution in [0, 0.1) is 11.7 Å². The van der Waals surface area contributed by atoms with Crippen LogP contribution in [0.3, 0.4) is 0 Å². The van der Waals surface area contributed by atoms with E-state index in [0.717, 1.165) is 18.4 Å². The van der Waals surface area contributed by atoms with Crippen molar-refractivity contribution >= 4 is 5.91 Å². The average Bonchev–Trinajstić information content (AvgIpc) is 3.27. The van der Waals surface area contributed by atoms with Crippen LogP contribution in [0.1, 0.15) is 24.8 Å². The Morgan fingerprint density at radius 2 is 2.30 bits per heavy atom. The molecule has 4 nitrogen and oxygen atoms in total. The predicted molar refractivity (Wildman–Crippen MR) is 75.0 cm³/mol. The van der Waals surface area contributed by atoms with Crippen LogP contribution < -0.4 is 15.8 Å². The molecule has 1 aromatic rings. The summed E-state index contributed by atoms with van der Waals surface area (Å²) in [5.74, 6) is 0.337. The molecule has 1 atom stereocenters. The number of amides is 1. The fraction of sp³-hybridized carbons (Fsp3) is 0.533. The Bertz CT molecular complexity index is 475. The summed E-state index contributed by atoms with van der Waals surface area (Å²) in [6, 6.07) is 4.86. The molecule has 0 heterocycles. The van der Waals surface area contributed by atoms with E-state index in [0.29, 0.717) is 25.3 Å². The van der Waals surface area contributed by atoms with E-state index in [1.807, 2.05) is 0 Å². The summed E-state index contributed by atoms with van der Waals surface area (Å²) in [6.45, 7) is 0.480. The van der Waals surface area contributed by atoms with Crippen molar-refractivity contribution in [2.75, 3.05) is 13.7 Å². The van der Waals surface area contributed by atoms with Crippen molar-refractivity contribution in [1.29, 1.82) is 0 Å². The Balaban J connectivity index is 1.82. The normalized spacial score (nSPS) is 15.8. The van der Waals surface area contributed by atoms with E-state index >= 15 is 0 Å². The second kappa shape index (κ2) is 6.70. The lowest BCUT2D eigenvalue weighted by molar-refractivity contribution is -0.121. The van der Waals surface area contributed by atoms with Crippen molar-refractivity contribution in [1.82, 2.24) is 5.32 Å². The van der Waals surface area contributed by atoms with Crippen LogP contribution in [0.4, 0.5) is 4.39 Å². The van der Waals surface area contributed by atoms with Crippen LogP contribution in [0.5, 0.6) is 5.75 Å². The van der Waals surface area contributed by atoms with Gasteiger partial charge in [-0.25, -0.2) is 4.39 Å². The molecule has 5 heteroatoms. The molecule has 1 amide bonds. The third kappa shape index (κ3) is 3.93. The molecule has 3 N–H and O–H groups in total. The van der Waals surface area contributed by atoms with Gasteiger partial charge in [0.05, 0.1) is 7.11 Å². The second-order valence-electron chi connectivity index (χ2n) is 5.22. The van der Waals surface area contributed by atoms with Crippen LogP contribution in [-0.2, 0) is 11.2 Å². The highest BCUT2D eigenvalue weighted by atomic mass is 19.1. The number of nitrogens with one attached hydrogen (secondary N) is 1. The zero-order valence-electron chi connectivity index (χ0n) is 11.7. The Morgan fingerprint density at radius 3 is 2.85 bits per heavy atom. The Kier molecular flexibility index (Phi) is 4.95. The maximum absolute atomic E-state index is 13.5. The van der Waals surface area contributed by atoms with Gasteiger partial charge in [-0.3, -0.25) is 4.79 Å². The van der Waals surface area contributed by atoms with Gasteiger partial charge in [0, 0.05) is 19.0 Å². The van der Waals surface area contributed by atoms with Gasteiger partial charge in [0.25, 0.3) is 0 Å². The number of aryl methyl sites for hydroxylation is 1. The molecule has 1 saturated carbocycles. The van der Waals surface area contributed by atoms with Gasteiger partial charge in [-0.05, 0) is 42.9 Å². The van der Waals surface area contributed by atoms with Crippen molar-refractivity contribution in [3.8, 4) is 5.75 Å². The molecule has 2 rings (SSSR count). The second-order valence-corrected chi connectivity index (χ2v) is 5.22. The fourth-order valence-corrected chi connectivity index (χ4v) is 2.27. The summed E-state index contributed by atoms with van der Waals surface area (Å²) in [5, 5.41) is 2.95. The van der Waals surface area contributed by atoms with Gasteiger partial charge >= 0.3 is 0 Å². The first-order chi connectivity index (χ1) is 9.63. The Morgan fingerprint density at radius 1 is 1.55 bits per heavy atom. The summed E-state index contributed by atoms with van der Waals surface area (Å²) in [5.41, 5.74) is 6.43. The van der Waals surface area contributed by atoms with Crippen LogP contribution in [0.15, 0.2) is 18.2 Å². The van der Waals surface area contributed by atoms with Gasteiger partial charge in [-0.1, -0.05) is 6.07 Å². The minimum Gasteiger partial charge on any atom is -0.494 e. The van der Waals surface area contributed by atoms with Gasteiger partial charge in [-0.15, -0.1) is 0 Å². The molecule has 1 fully saturated rings. The largest absolute Gasteiger partial charge is 0.494 e. The average molecular weight is 280 g/mol. The summed E-state index contributed by atoms with van der Waals surface area (Å²) >= 11 is 0. The summed E-state index contributed by atoms with van der Waals surface area (Å²) in [4.78, 5) is 11.8. The number of nitrogens with two attached hydrogens (primary N) is 1. The van der Waals surface area contributed by atoms with Crippen LogP contribution in [0.2, 0.25) is 0 Å². The number of hydrogen-bond donors (Lipinski definition) is 2. The van der Waals surface area contributed by atoms with E-state index < -0.39 is 5.82 Å². The zero-order chi connectivity index (χ0) is 14.5. The molecule has 110 valence electrons. The maximum Gasteiger partial charge on any atom is 0.220 e. The molecule has 0 saturated heterocycles. The van der Waals surface area contributed by atoms with Gasteiger partial charge in [0.2, 0.25) is 5.91 Å². The minimum absolute atomic E-state index is 0.0245. The third-order valence-corrected chi connectivity index (χ3v) is 3.65. The number of ether oxygens (including phenoxy) is 1. The van der Waals surface area contributed by atoms with E-state index in [9.17, 15) is 9.18 Å². The van der Waals surface area contributed by atoms with E-state index in [4.69, 9.17) is 10.5 Å². The van der Waals surface area contributed by atoms with Crippen molar-refractivity contribution in [2.24, 2.45) is 11.7 Å². The Hall–Kier alpha value is -1.62. The first kappa shape index (κ1) is 14.8. The van der Waals surface area contributed by atoms with Crippen molar-refractivity contribution < 1.29 is 13.9 Å². The number of hydrogen-bond acceptors (Lipinski definition) is 3. The molecule has 0 aliphatic heterocycles. The van der Waals surface area contributed by atoms with Gasteiger partial charge in [-0.2, -0.15) is 0 Å². The van der Waals surface area contributed by atoms with Gasteiger partial charge in [0.1, 0.15) is 0 Å². The number of halogens is 1. The zero-order valence-corrected chi connectivity index (χ0v) is 11.7. The smallest absolute Gasteiger partial charge is 0.220 e. The quantitative estimate of drug-likeness (QED) is 0.797. The van der Waals surface area contributed by atoms with E-state index in [-0.39, 0.29) is 17.7 Å². The first-order valence-corrected chi connectivity index (χ1v) is 6.96. The molecular formula is C15H21FN2O2. The molecule has 20 heavy (non-hydrogen) atoms. The Labute approximate surface area is 118 Å². The van der Waals surface area contributed by atoms with Crippen LogP contribution in [-0.4, -0.2) is 25.6 Å². The first-order valence-electron chi connectivity index (χ1n) is 6.96. The van der Waals surface area contributed by atoms with Gasteiger partial charge in [0.15, 0.2) is 11.6 Å². The van der Waals surface area contributed by atoms with Crippen molar-refractivity contribution in [3.63, 3.8) is 0 Å². The lowest BCUT2D eigenvalue weighted by Crippen LogP contribution is -2.41. The molecule has 1 aromatic carbocycles. The molecule has 0 bridgehead atoms. The van der Waals surface area contributed by atoms with Gasteiger partial charge < -0.3 is 15.8 Å². The standard InChI is InChI=1S/C15H21FN2O2/c1-20-14-6-2-10(8-12(14)16)3-7-15(19)18-13(9-17)11-4-5-11/h2,6,8,11,13H,3-5,7,9,17H2,1H3,(H,18,19). The van der Waals surface area contributed by atoms with E-state index in [1.165, 1.54) is 13.2 Å². The lowest BCUT2D eigenvalue weighted by atomic mass is 10.1. The number of methoxy groups -OCH3 is 1. The molecule has 1 aliphatic carbocycles. The number of benzene rings is 1. The van der Waals surface area contributed by atoms with E-state index in [2.05, 4.69) is 5.32 Å². The summed E-state index contributed by atoms with van der Waals surface area (Å²) in [7, 11) is 1.43. The van der Waals surface area contributed by atoms with E-state index in [1.54, 1.807) is 12.1 Å². The van der Waals surface area contributed by atoms with Crippen molar-refractivity contribution in [3.05, 3.63) is 29.6 Å². The van der Waals surface area contributed by atoms with Crippen LogP contribution >= 0.6 is 0 Å². The molecule has 0 spiro atoms. The highest BCUT2D eigenvalue weighted by Crippen LogP contribution is 2.32. The molecular weight excluding hydrogens is 259 g/mol. The van der Waals surface area contributed by atoms with Crippen LogP contribution in [0.25, 0.3) is 0 Å².